The molecule has 0 saturated heterocycles. The lowest BCUT2D eigenvalue weighted by molar-refractivity contribution is -0.128. The average molecular weight is 415 g/mol. The molecule has 8 heteroatoms. The molecule has 4 rings (SSSR count). The van der Waals surface area contributed by atoms with Gasteiger partial charge < -0.3 is 20.4 Å². The van der Waals surface area contributed by atoms with Crippen LogP contribution in [0, 0.1) is 0 Å². The smallest absolute Gasteiger partial charge is 0.250 e. The Labute approximate surface area is 178 Å². The summed E-state index contributed by atoms with van der Waals surface area (Å²) in [5.74, 6) is -0.00394. The molecule has 0 fully saturated rings. The zero-order valence-electron chi connectivity index (χ0n) is 16.7. The second-order valence-electron chi connectivity index (χ2n) is 6.83. The van der Waals surface area contributed by atoms with Crippen molar-refractivity contribution in [2.75, 3.05) is 18.5 Å². The molecule has 2 heterocycles. The summed E-state index contributed by atoms with van der Waals surface area (Å²) in [6, 6.07) is 18.8. The molecule has 0 aliphatic heterocycles. The molecule has 0 aliphatic carbocycles. The van der Waals surface area contributed by atoms with E-state index in [-0.39, 0.29) is 25.0 Å². The Kier molecular flexibility index (Phi) is 6.29. The first kappa shape index (κ1) is 20.2. The number of ether oxygens (including phenoxy) is 1. The Bertz CT molecular complexity index is 1160. The molecule has 0 unspecified atom stereocenters. The van der Waals surface area contributed by atoms with Gasteiger partial charge in [-0.2, -0.15) is 0 Å². The van der Waals surface area contributed by atoms with Crippen molar-refractivity contribution in [2.45, 2.75) is 6.54 Å². The van der Waals surface area contributed by atoms with E-state index in [2.05, 4.69) is 25.6 Å². The lowest BCUT2D eigenvalue weighted by Gasteiger charge is -2.10. The number of rotatable bonds is 8. The van der Waals surface area contributed by atoms with Gasteiger partial charge in [-0.15, -0.1) is 0 Å². The number of imidazole rings is 1. The second kappa shape index (κ2) is 9.64. The zero-order valence-corrected chi connectivity index (χ0v) is 16.7. The molecule has 0 aliphatic rings. The van der Waals surface area contributed by atoms with Crippen LogP contribution in [0.25, 0.3) is 22.4 Å². The number of fused-ring (bicyclic) bond motifs is 1. The van der Waals surface area contributed by atoms with Gasteiger partial charge in [-0.1, -0.05) is 30.3 Å². The summed E-state index contributed by atoms with van der Waals surface area (Å²) in [4.78, 5) is 36.0. The predicted molar refractivity (Wildman–Crippen MR) is 117 cm³/mol. The Hall–Kier alpha value is -4.04. The maximum atomic E-state index is 12.3. The van der Waals surface area contributed by atoms with Crippen LogP contribution < -0.4 is 10.6 Å². The van der Waals surface area contributed by atoms with Gasteiger partial charge in [0.25, 0.3) is 0 Å². The standard InChI is InChI=1S/C23H21N5O3/c29-21(25-13-16-6-5-11-24-12-16)14-31-15-22(30)26-18-8-2-1-7-17(18)23-27-19-9-3-4-10-20(19)28-23/h1-12H,13-15H2,(H,25,29)(H,26,30)(H,27,28). The summed E-state index contributed by atoms with van der Waals surface area (Å²) in [5.41, 5.74) is 4.02. The number of aromatic amines is 1. The largest absolute Gasteiger partial charge is 0.362 e. The Morgan fingerprint density at radius 3 is 2.58 bits per heavy atom. The van der Waals surface area contributed by atoms with E-state index in [0.717, 1.165) is 22.2 Å². The van der Waals surface area contributed by atoms with Crippen LogP contribution in [0.4, 0.5) is 5.69 Å². The van der Waals surface area contributed by atoms with Crippen molar-refractivity contribution in [1.29, 1.82) is 0 Å². The van der Waals surface area contributed by atoms with E-state index in [0.29, 0.717) is 18.1 Å². The van der Waals surface area contributed by atoms with Gasteiger partial charge in [0.2, 0.25) is 11.8 Å². The van der Waals surface area contributed by atoms with Crippen LogP contribution in [0.15, 0.2) is 73.1 Å². The molecule has 0 spiro atoms. The first-order valence-corrected chi connectivity index (χ1v) is 9.76. The van der Waals surface area contributed by atoms with Crippen LogP contribution in [-0.4, -0.2) is 40.0 Å². The number of benzene rings is 2. The fraction of sp³-hybridized carbons (Fsp3) is 0.130. The van der Waals surface area contributed by atoms with Gasteiger partial charge >= 0.3 is 0 Å². The first-order valence-electron chi connectivity index (χ1n) is 9.76. The molecule has 2 aromatic heterocycles. The minimum absolute atomic E-state index is 0.209. The van der Waals surface area contributed by atoms with Crippen molar-refractivity contribution >= 4 is 28.5 Å². The van der Waals surface area contributed by atoms with Crippen molar-refractivity contribution in [3.63, 3.8) is 0 Å². The van der Waals surface area contributed by atoms with E-state index >= 15 is 0 Å². The van der Waals surface area contributed by atoms with Gasteiger partial charge in [0.05, 0.1) is 16.7 Å². The highest BCUT2D eigenvalue weighted by molar-refractivity contribution is 5.96. The number of hydrogen-bond acceptors (Lipinski definition) is 5. The van der Waals surface area contributed by atoms with Crippen LogP contribution in [0.1, 0.15) is 5.56 Å². The van der Waals surface area contributed by atoms with Crippen LogP contribution in [0.5, 0.6) is 0 Å². The quantitative estimate of drug-likeness (QED) is 0.410. The molecule has 0 atom stereocenters. The Balaban J connectivity index is 1.30. The molecule has 0 radical (unpaired) electrons. The summed E-state index contributed by atoms with van der Waals surface area (Å²) in [7, 11) is 0. The highest BCUT2D eigenvalue weighted by Gasteiger charge is 2.12. The number of carbonyl (C=O) groups is 2. The van der Waals surface area contributed by atoms with Crippen LogP contribution in [0.3, 0.4) is 0 Å². The van der Waals surface area contributed by atoms with Crippen molar-refractivity contribution in [1.82, 2.24) is 20.3 Å². The average Bonchev–Trinajstić information content (AvgIpc) is 3.23. The van der Waals surface area contributed by atoms with Crippen molar-refractivity contribution in [2.24, 2.45) is 0 Å². The van der Waals surface area contributed by atoms with Crippen molar-refractivity contribution in [3.8, 4) is 11.4 Å². The molecular weight excluding hydrogens is 394 g/mol. The third-order valence-electron chi connectivity index (χ3n) is 4.52. The van der Waals surface area contributed by atoms with E-state index in [9.17, 15) is 9.59 Å². The van der Waals surface area contributed by atoms with Crippen LogP contribution in [0.2, 0.25) is 0 Å². The Morgan fingerprint density at radius 2 is 1.74 bits per heavy atom. The number of para-hydroxylation sites is 3. The van der Waals surface area contributed by atoms with Gasteiger partial charge in [-0.25, -0.2) is 4.98 Å². The second-order valence-corrected chi connectivity index (χ2v) is 6.83. The summed E-state index contributed by atoms with van der Waals surface area (Å²) < 4.78 is 5.25. The van der Waals surface area contributed by atoms with Gasteiger partial charge in [-0.3, -0.25) is 14.6 Å². The number of H-pyrrole nitrogens is 1. The van der Waals surface area contributed by atoms with Gasteiger partial charge in [-0.05, 0) is 35.9 Å². The maximum Gasteiger partial charge on any atom is 0.250 e. The highest BCUT2D eigenvalue weighted by atomic mass is 16.5. The molecule has 31 heavy (non-hydrogen) atoms. The Morgan fingerprint density at radius 1 is 0.935 bits per heavy atom. The number of aromatic nitrogens is 3. The first-order chi connectivity index (χ1) is 15.2. The predicted octanol–water partition coefficient (Wildman–Crippen LogP) is 2.90. The topological polar surface area (TPSA) is 109 Å². The summed E-state index contributed by atoms with van der Waals surface area (Å²) in [5, 5.41) is 5.54. The lowest BCUT2D eigenvalue weighted by atomic mass is 10.1. The van der Waals surface area contributed by atoms with Crippen LogP contribution >= 0.6 is 0 Å². The molecule has 3 N–H and O–H groups in total. The number of nitrogens with one attached hydrogen (secondary N) is 3. The van der Waals surface area contributed by atoms with Gasteiger partial charge in [0.15, 0.2) is 0 Å². The van der Waals surface area contributed by atoms with Crippen LogP contribution in [-0.2, 0) is 20.9 Å². The molecule has 2 aromatic carbocycles. The summed E-state index contributed by atoms with van der Waals surface area (Å²) in [6.07, 6.45) is 3.34. The van der Waals surface area contributed by atoms with E-state index in [1.54, 1.807) is 24.5 Å². The molecular formula is C23H21N5O3. The third-order valence-corrected chi connectivity index (χ3v) is 4.52. The van der Waals surface area contributed by atoms with E-state index in [1.807, 2.05) is 48.5 Å². The number of amides is 2. The highest BCUT2D eigenvalue weighted by Crippen LogP contribution is 2.27. The van der Waals surface area contributed by atoms with E-state index in [4.69, 9.17) is 4.74 Å². The molecule has 0 saturated carbocycles. The van der Waals surface area contributed by atoms with Gasteiger partial charge in [0.1, 0.15) is 19.0 Å². The molecule has 156 valence electrons. The number of hydrogen-bond donors (Lipinski definition) is 3. The molecule has 2 amide bonds. The SMILES string of the molecule is O=C(COCC(=O)Nc1ccccc1-c1nc2ccccc2[nH]1)NCc1cccnc1. The fourth-order valence-electron chi connectivity index (χ4n) is 3.06. The fourth-order valence-corrected chi connectivity index (χ4v) is 3.06. The van der Waals surface area contributed by atoms with E-state index < -0.39 is 0 Å². The summed E-state index contributed by atoms with van der Waals surface area (Å²) >= 11 is 0. The molecule has 8 nitrogen and oxygen atoms in total. The monoisotopic (exact) mass is 415 g/mol. The van der Waals surface area contributed by atoms with E-state index in [1.165, 1.54) is 0 Å². The minimum Gasteiger partial charge on any atom is -0.362 e. The molecule has 0 bridgehead atoms. The molecule has 4 aromatic rings. The number of nitrogens with zero attached hydrogens (tertiary/aromatic N) is 2. The number of carbonyl (C=O) groups excluding carboxylic acids is 2. The number of pyridine rings is 1. The van der Waals surface area contributed by atoms with Crippen molar-refractivity contribution in [3.05, 3.63) is 78.6 Å². The lowest BCUT2D eigenvalue weighted by Crippen LogP contribution is -2.29. The third kappa shape index (κ3) is 5.31. The van der Waals surface area contributed by atoms with Crippen molar-refractivity contribution < 1.29 is 14.3 Å². The maximum absolute atomic E-state index is 12.3. The zero-order chi connectivity index (χ0) is 21.5. The summed E-state index contributed by atoms with van der Waals surface area (Å²) in [6.45, 7) is -0.0964. The van der Waals surface area contributed by atoms with Gasteiger partial charge in [0, 0.05) is 24.5 Å². The number of anilines is 1. The minimum atomic E-state index is -0.358. The normalized spacial score (nSPS) is 10.7.